The van der Waals surface area contributed by atoms with Crippen molar-refractivity contribution >= 4 is 38.8 Å². The number of likely N-dealkylation sites (tertiary alicyclic amines) is 1. The average molecular weight is 316 g/mol. The Kier molecular flexibility index (Phi) is 4.12. The molecule has 1 aromatic rings. The van der Waals surface area contributed by atoms with Crippen LogP contribution in [0.25, 0.3) is 0 Å². The number of Topliss-reactive ketones (excluding diaryl/α,β-unsaturated/α-hetero) is 2. The molecule has 1 saturated heterocycles. The molecule has 1 atom stereocenters. The van der Waals surface area contributed by atoms with Crippen LogP contribution >= 0.6 is 27.3 Å². The minimum atomic E-state index is 0.0617. The molecular weight excluding hydrogens is 302 g/mol. The van der Waals surface area contributed by atoms with E-state index in [4.69, 9.17) is 0 Å². The summed E-state index contributed by atoms with van der Waals surface area (Å²) in [5, 5.41) is 0. The molecule has 0 bridgehead atoms. The van der Waals surface area contributed by atoms with Gasteiger partial charge in [0.05, 0.1) is 15.2 Å². The van der Waals surface area contributed by atoms with Crippen LogP contribution in [-0.4, -0.2) is 36.1 Å². The molecule has 17 heavy (non-hydrogen) atoms. The van der Waals surface area contributed by atoms with Gasteiger partial charge in [0.1, 0.15) is 5.78 Å². The summed E-state index contributed by atoms with van der Waals surface area (Å²) in [6.45, 7) is 3.77. The number of carbonyl (C=O) groups is 2. The predicted molar refractivity (Wildman–Crippen MR) is 71.6 cm³/mol. The molecule has 1 fully saturated rings. The van der Waals surface area contributed by atoms with Crippen LogP contribution in [0.15, 0.2) is 15.9 Å². The maximum atomic E-state index is 12.0. The lowest BCUT2D eigenvalue weighted by Crippen LogP contribution is -2.42. The third-order valence-corrected chi connectivity index (χ3v) is 4.64. The second kappa shape index (κ2) is 5.42. The fourth-order valence-electron chi connectivity index (χ4n) is 1.98. The number of piperidine rings is 1. The van der Waals surface area contributed by atoms with Crippen LogP contribution in [0.1, 0.15) is 23.0 Å². The van der Waals surface area contributed by atoms with Crippen molar-refractivity contribution in [1.29, 1.82) is 0 Å². The molecule has 2 heterocycles. The second-order valence-corrected chi connectivity index (χ2v) is 6.84. The first-order chi connectivity index (χ1) is 8.06. The Hall–Kier alpha value is -0.520. The summed E-state index contributed by atoms with van der Waals surface area (Å²) < 4.78 is 0.975. The summed E-state index contributed by atoms with van der Waals surface area (Å²) in [6, 6.07) is 3.73. The van der Waals surface area contributed by atoms with Crippen molar-refractivity contribution in [1.82, 2.24) is 4.90 Å². The van der Waals surface area contributed by atoms with Crippen LogP contribution in [0.5, 0.6) is 0 Å². The monoisotopic (exact) mass is 315 g/mol. The van der Waals surface area contributed by atoms with Gasteiger partial charge < -0.3 is 0 Å². The Bertz CT molecular complexity index is 443. The normalized spacial score (nSPS) is 21.8. The van der Waals surface area contributed by atoms with E-state index < -0.39 is 0 Å². The first-order valence-electron chi connectivity index (χ1n) is 5.60. The van der Waals surface area contributed by atoms with Gasteiger partial charge in [0, 0.05) is 25.4 Å². The van der Waals surface area contributed by atoms with Gasteiger partial charge in [-0.05, 0) is 28.1 Å². The number of hydrogen-bond acceptors (Lipinski definition) is 4. The molecule has 0 spiro atoms. The molecule has 0 saturated carbocycles. The molecule has 92 valence electrons. The largest absolute Gasteiger partial charge is 0.299 e. The number of carbonyl (C=O) groups excluding carboxylic acids is 2. The van der Waals surface area contributed by atoms with Gasteiger partial charge >= 0.3 is 0 Å². The molecule has 0 N–H and O–H groups in total. The van der Waals surface area contributed by atoms with Crippen LogP contribution in [-0.2, 0) is 4.79 Å². The van der Waals surface area contributed by atoms with Crippen LogP contribution in [0.3, 0.4) is 0 Å². The molecule has 1 aromatic heterocycles. The van der Waals surface area contributed by atoms with E-state index in [0.717, 1.165) is 8.66 Å². The van der Waals surface area contributed by atoms with Gasteiger partial charge in [-0.2, -0.15) is 0 Å². The molecule has 0 aliphatic carbocycles. The summed E-state index contributed by atoms with van der Waals surface area (Å²) in [6.07, 6.45) is 0.572. The smallest absolute Gasteiger partial charge is 0.186 e. The van der Waals surface area contributed by atoms with E-state index in [2.05, 4.69) is 20.8 Å². The van der Waals surface area contributed by atoms with Crippen LogP contribution in [0, 0.1) is 5.92 Å². The van der Waals surface area contributed by atoms with E-state index in [1.165, 1.54) is 11.3 Å². The van der Waals surface area contributed by atoms with Crippen molar-refractivity contribution < 1.29 is 9.59 Å². The number of rotatable bonds is 3. The highest BCUT2D eigenvalue weighted by Crippen LogP contribution is 2.23. The third-order valence-electron chi connectivity index (χ3n) is 2.97. The Labute approximate surface area is 113 Å². The van der Waals surface area contributed by atoms with Crippen molar-refractivity contribution in [3.8, 4) is 0 Å². The summed E-state index contributed by atoms with van der Waals surface area (Å²) >= 11 is 4.81. The SMILES string of the molecule is CC1CN(CC(=O)c2ccc(Br)s2)CCC1=O. The zero-order chi connectivity index (χ0) is 12.4. The van der Waals surface area contributed by atoms with Crippen molar-refractivity contribution in [2.45, 2.75) is 13.3 Å². The summed E-state index contributed by atoms with van der Waals surface area (Å²) in [5.41, 5.74) is 0. The third kappa shape index (κ3) is 3.24. The molecule has 1 unspecified atom stereocenters. The van der Waals surface area contributed by atoms with E-state index >= 15 is 0 Å². The van der Waals surface area contributed by atoms with Crippen LogP contribution in [0.4, 0.5) is 0 Å². The van der Waals surface area contributed by atoms with Crippen molar-refractivity contribution in [2.75, 3.05) is 19.6 Å². The van der Waals surface area contributed by atoms with Crippen molar-refractivity contribution in [2.24, 2.45) is 5.92 Å². The standard InChI is InChI=1S/C12H14BrNO2S/c1-8-6-14(5-4-9(8)15)7-10(16)11-2-3-12(13)17-11/h2-3,8H,4-7H2,1H3. The summed E-state index contributed by atoms with van der Waals surface area (Å²) in [5.74, 6) is 0.515. The van der Waals surface area contributed by atoms with Gasteiger partial charge in [0.15, 0.2) is 5.78 Å². The van der Waals surface area contributed by atoms with E-state index in [-0.39, 0.29) is 11.7 Å². The van der Waals surface area contributed by atoms with E-state index in [1.807, 2.05) is 19.1 Å². The molecule has 5 heteroatoms. The first-order valence-corrected chi connectivity index (χ1v) is 7.21. The van der Waals surface area contributed by atoms with E-state index in [9.17, 15) is 9.59 Å². The lowest BCUT2D eigenvalue weighted by atomic mass is 9.98. The molecule has 3 nitrogen and oxygen atoms in total. The summed E-state index contributed by atoms with van der Waals surface area (Å²) in [4.78, 5) is 26.2. The van der Waals surface area contributed by atoms with E-state index in [1.54, 1.807) is 0 Å². The number of nitrogens with zero attached hydrogens (tertiary/aromatic N) is 1. The molecule has 0 aromatic carbocycles. The van der Waals surface area contributed by atoms with Crippen molar-refractivity contribution in [3.05, 3.63) is 20.8 Å². The number of halogens is 1. The Morgan fingerprint density at radius 2 is 2.35 bits per heavy atom. The highest BCUT2D eigenvalue weighted by Gasteiger charge is 2.25. The highest BCUT2D eigenvalue weighted by molar-refractivity contribution is 9.11. The van der Waals surface area contributed by atoms with Crippen LogP contribution in [0.2, 0.25) is 0 Å². The maximum Gasteiger partial charge on any atom is 0.186 e. The van der Waals surface area contributed by atoms with Gasteiger partial charge in [-0.1, -0.05) is 6.92 Å². The Balaban J connectivity index is 1.93. The highest BCUT2D eigenvalue weighted by atomic mass is 79.9. The molecule has 1 aliphatic rings. The van der Waals surface area contributed by atoms with Crippen LogP contribution < -0.4 is 0 Å². The van der Waals surface area contributed by atoms with Gasteiger partial charge in [-0.3, -0.25) is 14.5 Å². The molecule has 2 rings (SSSR count). The summed E-state index contributed by atoms with van der Waals surface area (Å²) in [7, 11) is 0. The minimum absolute atomic E-state index is 0.0617. The molecule has 0 amide bonds. The number of thiophene rings is 1. The van der Waals surface area contributed by atoms with Gasteiger partial charge in [0.25, 0.3) is 0 Å². The maximum absolute atomic E-state index is 12.0. The lowest BCUT2D eigenvalue weighted by molar-refractivity contribution is -0.125. The average Bonchev–Trinajstić information content (AvgIpc) is 2.70. The number of ketones is 2. The fourth-order valence-corrected chi connectivity index (χ4v) is 3.30. The Morgan fingerprint density at radius 1 is 1.59 bits per heavy atom. The predicted octanol–water partition coefficient (Wildman–Crippen LogP) is 2.60. The second-order valence-electron chi connectivity index (χ2n) is 4.38. The number of hydrogen-bond donors (Lipinski definition) is 0. The fraction of sp³-hybridized carbons (Fsp3) is 0.500. The molecule has 0 radical (unpaired) electrons. The topological polar surface area (TPSA) is 37.4 Å². The van der Waals surface area contributed by atoms with Gasteiger partial charge in [0.2, 0.25) is 0 Å². The quantitative estimate of drug-likeness (QED) is 0.805. The van der Waals surface area contributed by atoms with E-state index in [0.29, 0.717) is 31.8 Å². The zero-order valence-electron chi connectivity index (χ0n) is 9.61. The van der Waals surface area contributed by atoms with Gasteiger partial charge in [-0.15, -0.1) is 11.3 Å². The molecular formula is C12H14BrNO2S. The van der Waals surface area contributed by atoms with Crippen molar-refractivity contribution in [3.63, 3.8) is 0 Å². The van der Waals surface area contributed by atoms with Gasteiger partial charge in [-0.25, -0.2) is 0 Å². The lowest BCUT2D eigenvalue weighted by Gasteiger charge is -2.29. The Morgan fingerprint density at radius 3 is 2.94 bits per heavy atom. The zero-order valence-corrected chi connectivity index (χ0v) is 12.0. The molecule has 1 aliphatic heterocycles. The first kappa shape index (κ1) is 12.9. The minimum Gasteiger partial charge on any atom is -0.299 e.